The molecule has 2 aliphatic heterocycles. The molecule has 1 unspecified atom stereocenters. The summed E-state index contributed by atoms with van der Waals surface area (Å²) in [6.07, 6.45) is -10.0. The highest BCUT2D eigenvalue weighted by Crippen LogP contribution is 2.37. The SMILES string of the molecule is O=C(Nc1cc(C(F)(F)F)cc(C(F)(F)F)c1)N1CCN(c2nsnc2OCC2CNCCN2)CC1. The van der Waals surface area contributed by atoms with Crippen molar-refractivity contribution in [2.24, 2.45) is 0 Å². The van der Waals surface area contributed by atoms with E-state index < -0.39 is 35.2 Å². The molecule has 2 aromatic rings. The van der Waals surface area contributed by atoms with Crippen molar-refractivity contribution in [2.75, 3.05) is 62.6 Å². The van der Waals surface area contributed by atoms with Crippen LogP contribution in [0, 0.1) is 0 Å². The molecule has 1 atom stereocenters. The number of urea groups is 1. The highest BCUT2D eigenvalue weighted by Gasteiger charge is 2.37. The summed E-state index contributed by atoms with van der Waals surface area (Å²) < 4.78 is 92.7. The molecule has 2 fully saturated rings. The van der Waals surface area contributed by atoms with Gasteiger partial charge in [0, 0.05) is 51.5 Å². The van der Waals surface area contributed by atoms with Gasteiger partial charge >= 0.3 is 18.4 Å². The Morgan fingerprint density at radius 2 is 1.69 bits per heavy atom. The van der Waals surface area contributed by atoms with Crippen LogP contribution in [0.25, 0.3) is 0 Å². The summed E-state index contributed by atoms with van der Waals surface area (Å²) in [5.74, 6) is 0.894. The van der Waals surface area contributed by atoms with Gasteiger partial charge in [-0.05, 0) is 18.2 Å². The number of anilines is 2. The second-order valence-electron chi connectivity index (χ2n) is 8.26. The zero-order valence-electron chi connectivity index (χ0n) is 18.7. The minimum atomic E-state index is -5.00. The van der Waals surface area contributed by atoms with E-state index in [-0.39, 0.29) is 25.2 Å². The van der Waals surface area contributed by atoms with Gasteiger partial charge in [-0.2, -0.15) is 30.7 Å². The van der Waals surface area contributed by atoms with Gasteiger partial charge in [-0.1, -0.05) is 0 Å². The normalized spacial score (nSPS) is 19.3. The maximum atomic E-state index is 13.1. The van der Waals surface area contributed by atoms with Gasteiger partial charge in [-0.25, -0.2) is 4.79 Å². The second kappa shape index (κ2) is 10.6. The Bertz CT molecular complexity index is 1020. The maximum Gasteiger partial charge on any atom is 0.416 e. The molecule has 16 heteroatoms. The number of hydrogen-bond acceptors (Lipinski definition) is 8. The van der Waals surface area contributed by atoms with E-state index in [9.17, 15) is 31.1 Å². The average Bonchev–Trinajstić information content (AvgIpc) is 3.31. The molecule has 4 rings (SSSR count). The van der Waals surface area contributed by atoms with Crippen molar-refractivity contribution in [1.82, 2.24) is 24.3 Å². The van der Waals surface area contributed by atoms with Crippen LogP contribution < -0.4 is 25.6 Å². The van der Waals surface area contributed by atoms with Crippen LogP contribution in [0.15, 0.2) is 18.2 Å². The zero-order valence-corrected chi connectivity index (χ0v) is 19.6. The van der Waals surface area contributed by atoms with Crippen LogP contribution in [0.5, 0.6) is 5.88 Å². The first-order valence-electron chi connectivity index (χ1n) is 11.0. The summed E-state index contributed by atoms with van der Waals surface area (Å²) in [6, 6.07) is 0.292. The number of piperazine rings is 2. The Labute approximate surface area is 206 Å². The Morgan fingerprint density at radius 3 is 2.28 bits per heavy atom. The van der Waals surface area contributed by atoms with Crippen molar-refractivity contribution in [3.63, 3.8) is 0 Å². The number of carbonyl (C=O) groups is 1. The predicted molar refractivity (Wildman–Crippen MR) is 119 cm³/mol. The first-order valence-corrected chi connectivity index (χ1v) is 11.7. The molecular formula is C20H23F6N7O2S. The summed E-state index contributed by atoms with van der Waals surface area (Å²) in [4.78, 5) is 15.8. The highest BCUT2D eigenvalue weighted by molar-refractivity contribution is 6.99. The van der Waals surface area contributed by atoms with Crippen molar-refractivity contribution in [3.05, 3.63) is 29.3 Å². The Kier molecular flexibility index (Phi) is 7.75. The standard InChI is InChI=1S/C20H23F6N7O2S/c21-19(22,23)12-7-13(20(24,25)26)9-14(8-12)29-18(34)33-5-3-32(4-6-33)16-17(31-36-30-16)35-11-15-10-27-1-2-28-15/h7-9,15,27-28H,1-6,10-11H2,(H,29,34). The van der Waals surface area contributed by atoms with E-state index in [4.69, 9.17) is 4.74 Å². The van der Waals surface area contributed by atoms with Gasteiger partial charge < -0.3 is 30.5 Å². The molecule has 36 heavy (non-hydrogen) atoms. The molecule has 3 N–H and O–H groups in total. The number of carbonyl (C=O) groups excluding carboxylic acids is 1. The van der Waals surface area contributed by atoms with E-state index in [2.05, 4.69) is 24.7 Å². The fourth-order valence-corrected chi connectivity index (χ4v) is 4.34. The van der Waals surface area contributed by atoms with E-state index in [1.165, 1.54) is 4.90 Å². The molecule has 1 aromatic heterocycles. The van der Waals surface area contributed by atoms with Crippen LogP contribution in [-0.4, -0.2) is 78.1 Å². The first kappa shape index (κ1) is 26.2. The van der Waals surface area contributed by atoms with E-state index in [0.717, 1.165) is 31.4 Å². The number of rotatable bonds is 5. The quantitative estimate of drug-likeness (QED) is 0.503. The lowest BCUT2D eigenvalue weighted by atomic mass is 10.1. The van der Waals surface area contributed by atoms with E-state index in [0.29, 0.717) is 43.5 Å². The Balaban J connectivity index is 1.35. The molecule has 2 amide bonds. The van der Waals surface area contributed by atoms with Crippen LogP contribution in [-0.2, 0) is 12.4 Å². The predicted octanol–water partition coefficient (Wildman–Crippen LogP) is 2.87. The van der Waals surface area contributed by atoms with Crippen LogP contribution >= 0.6 is 11.7 Å². The minimum Gasteiger partial charge on any atom is -0.473 e. The van der Waals surface area contributed by atoms with Gasteiger partial charge in [-0.3, -0.25) is 0 Å². The maximum absolute atomic E-state index is 13.1. The molecule has 0 spiro atoms. The zero-order chi connectivity index (χ0) is 25.9. The summed E-state index contributed by atoms with van der Waals surface area (Å²) in [5.41, 5.74) is -3.59. The largest absolute Gasteiger partial charge is 0.473 e. The van der Waals surface area contributed by atoms with Crippen LogP contribution in [0.3, 0.4) is 0 Å². The molecule has 3 heterocycles. The van der Waals surface area contributed by atoms with E-state index in [1.807, 2.05) is 4.90 Å². The van der Waals surface area contributed by atoms with Crippen LogP contribution in [0.2, 0.25) is 0 Å². The summed E-state index contributed by atoms with van der Waals surface area (Å²) in [6.45, 7) is 3.86. The number of aromatic nitrogens is 2. The van der Waals surface area contributed by atoms with E-state index >= 15 is 0 Å². The van der Waals surface area contributed by atoms with Crippen LogP contribution in [0.1, 0.15) is 11.1 Å². The van der Waals surface area contributed by atoms with Crippen molar-refractivity contribution >= 4 is 29.3 Å². The number of ether oxygens (including phenoxy) is 1. The van der Waals surface area contributed by atoms with Crippen LogP contribution in [0.4, 0.5) is 42.6 Å². The molecular weight excluding hydrogens is 516 g/mol. The molecule has 0 radical (unpaired) electrons. The molecule has 0 bridgehead atoms. The van der Waals surface area contributed by atoms with Crippen molar-refractivity contribution in [3.8, 4) is 5.88 Å². The Hall–Kier alpha value is -2.85. The number of alkyl halides is 6. The van der Waals surface area contributed by atoms with Gasteiger partial charge in [0.25, 0.3) is 5.88 Å². The van der Waals surface area contributed by atoms with Gasteiger partial charge in [0.05, 0.1) is 28.9 Å². The molecule has 0 saturated carbocycles. The second-order valence-corrected chi connectivity index (χ2v) is 8.79. The van der Waals surface area contributed by atoms with E-state index in [1.54, 1.807) is 0 Å². The van der Waals surface area contributed by atoms with Crippen molar-refractivity contribution in [1.29, 1.82) is 0 Å². The number of nitrogens with zero attached hydrogens (tertiary/aromatic N) is 4. The number of amides is 2. The molecule has 0 aliphatic carbocycles. The number of halogens is 6. The fourth-order valence-electron chi connectivity index (χ4n) is 3.82. The lowest BCUT2D eigenvalue weighted by Crippen LogP contribution is -2.51. The third-order valence-corrected chi connectivity index (χ3v) is 6.20. The molecule has 2 aliphatic rings. The third-order valence-electron chi connectivity index (χ3n) is 5.69. The molecule has 9 nitrogen and oxygen atoms in total. The van der Waals surface area contributed by atoms with Crippen molar-refractivity contribution in [2.45, 2.75) is 18.4 Å². The number of hydrogen-bond donors (Lipinski definition) is 3. The lowest BCUT2D eigenvalue weighted by Gasteiger charge is -2.35. The number of benzene rings is 1. The Morgan fingerprint density at radius 1 is 1.03 bits per heavy atom. The fraction of sp³-hybridized carbons (Fsp3) is 0.550. The van der Waals surface area contributed by atoms with Crippen molar-refractivity contribution < 1.29 is 35.9 Å². The average molecular weight is 540 g/mol. The third kappa shape index (κ3) is 6.47. The molecule has 2 saturated heterocycles. The molecule has 1 aromatic carbocycles. The van der Waals surface area contributed by atoms with Gasteiger partial charge in [-0.15, -0.1) is 4.37 Å². The smallest absolute Gasteiger partial charge is 0.416 e. The van der Waals surface area contributed by atoms with Gasteiger partial charge in [0.15, 0.2) is 0 Å². The molecule has 198 valence electrons. The number of nitrogens with one attached hydrogen (secondary N) is 3. The summed E-state index contributed by atoms with van der Waals surface area (Å²) in [5, 5.41) is 8.73. The minimum absolute atomic E-state index is 0.0107. The monoisotopic (exact) mass is 539 g/mol. The topological polar surface area (TPSA) is 94.7 Å². The highest BCUT2D eigenvalue weighted by atomic mass is 32.1. The summed E-state index contributed by atoms with van der Waals surface area (Å²) in [7, 11) is 0. The summed E-state index contributed by atoms with van der Waals surface area (Å²) >= 11 is 0.983. The first-order chi connectivity index (χ1) is 17.0. The lowest BCUT2D eigenvalue weighted by molar-refractivity contribution is -0.143. The van der Waals surface area contributed by atoms with Gasteiger partial charge in [0.1, 0.15) is 6.61 Å². The van der Waals surface area contributed by atoms with Gasteiger partial charge in [0.2, 0.25) is 5.82 Å².